The Hall–Kier alpha value is -1.84. The summed E-state index contributed by atoms with van der Waals surface area (Å²) in [5.41, 5.74) is 0.731. The molecule has 4 heteroatoms. The van der Waals surface area contributed by atoms with E-state index in [1.54, 1.807) is 12.1 Å². The molecule has 0 aliphatic heterocycles. The highest BCUT2D eigenvalue weighted by molar-refractivity contribution is 5.94. The lowest BCUT2D eigenvalue weighted by molar-refractivity contribution is -0.116. The number of hydrogen-bond acceptors (Lipinski definition) is 2. The molecular formula is C12H13NO3. The van der Waals surface area contributed by atoms with E-state index in [0.29, 0.717) is 18.0 Å². The molecule has 0 saturated heterocycles. The van der Waals surface area contributed by atoms with Gasteiger partial charge < -0.3 is 10.4 Å². The molecule has 0 unspecified atom stereocenters. The third-order valence-corrected chi connectivity index (χ3v) is 2.56. The second-order valence-electron chi connectivity index (χ2n) is 4.08. The molecule has 4 nitrogen and oxygen atoms in total. The standard InChI is InChI=1S/C12H13NO3/c14-11(6-8-4-5-8)13-10-3-1-2-9(7-10)12(15)16/h1-3,7-8H,4-6H2,(H,13,14)(H,15,16). The molecule has 0 bridgehead atoms. The van der Waals surface area contributed by atoms with Crippen molar-refractivity contribution in [3.05, 3.63) is 29.8 Å². The molecule has 16 heavy (non-hydrogen) atoms. The Morgan fingerprint density at radius 1 is 1.38 bits per heavy atom. The first-order valence-electron chi connectivity index (χ1n) is 5.28. The SMILES string of the molecule is O=C(CC1CC1)Nc1cccc(C(=O)O)c1. The van der Waals surface area contributed by atoms with Gasteiger partial charge in [0, 0.05) is 12.1 Å². The average molecular weight is 219 g/mol. The van der Waals surface area contributed by atoms with Crippen molar-refractivity contribution >= 4 is 17.6 Å². The van der Waals surface area contributed by atoms with Crippen molar-refractivity contribution in [2.45, 2.75) is 19.3 Å². The minimum absolute atomic E-state index is 0.0370. The van der Waals surface area contributed by atoms with Crippen LogP contribution in [0.5, 0.6) is 0 Å². The van der Waals surface area contributed by atoms with Crippen LogP contribution in [-0.4, -0.2) is 17.0 Å². The van der Waals surface area contributed by atoms with Crippen molar-refractivity contribution in [1.82, 2.24) is 0 Å². The largest absolute Gasteiger partial charge is 0.478 e. The van der Waals surface area contributed by atoms with Gasteiger partial charge in [0.15, 0.2) is 0 Å². The lowest BCUT2D eigenvalue weighted by Crippen LogP contribution is -2.12. The van der Waals surface area contributed by atoms with E-state index in [2.05, 4.69) is 5.32 Å². The van der Waals surface area contributed by atoms with Crippen molar-refractivity contribution in [2.75, 3.05) is 5.32 Å². The van der Waals surface area contributed by atoms with E-state index >= 15 is 0 Å². The lowest BCUT2D eigenvalue weighted by atomic mass is 10.2. The first-order valence-corrected chi connectivity index (χ1v) is 5.28. The summed E-state index contributed by atoms with van der Waals surface area (Å²) in [6.45, 7) is 0. The molecule has 0 heterocycles. The Kier molecular flexibility index (Phi) is 2.90. The zero-order chi connectivity index (χ0) is 11.5. The summed E-state index contributed by atoms with van der Waals surface area (Å²) in [6, 6.07) is 6.28. The summed E-state index contributed by atoms with van der Waals surface area (Å²) in [7, 11) is 0. The van der Waals surface area contributed by atoms with Gasteiger partial charge in [-0.2, -0.15) is 0 Å². The van der Waals surface area contributed by atoms with Crippen LogP contribution in [0.25, 0.3) is 0 Å². The summed E-state index contributed by atoms with van der Waals surface area (Å²) in [5.74, 6) is -0.494. The van der Waals surface area contributed by atoms with E-state index < -0.39 is 5.97 Å². The van der Waals surface area contributed by atoms with Crippen LogP contribution in [0.4, 0.5) is 5.69 Å². The maximum atomic E-state index is 11.5. The summed E-state index contributed by atoms with van der Waals surface area (Å²) in [4.78, 5) is 22.2. The van der Waals surface area contributed by atoms with Crippen LogP contribution in [0.15, 0.2) is 24.3 Å². The number of carboxylic acids is 1. The van der Waals surface area contributed by atoms with Crippen molar-refractivity contribution in [1.29, 1.82) is 0 Å². The summed E-state index contributed by atoms with van der Waals surface area (Å²) >= 11 is 0. The third kappa shape index (κ3) is 2.82. The summed E-state index contributed by atoms with van der Waals surface area (Å²) in [6.07, 6.45) is 2.79. The average Bonchev–Trinajstić information content (AvgIpc) is 3.01. The zero-order valence-corrected chi connectivity index (χ0v) is 8.77. The molecule has 1 aliphatic carbocycles. The predicted molar refractivity (Wildman–Crippen MR) is 59.4 cm³/mol. The molecule has 2 N–H and O–H groups in total. The number of rotatable bonds is 4. The first-order chi connectivity index (χ1) is 7.65. The van der Waals surface area contributed by atoms with Gasteiger partial charge in [-0.15, -0.1) is 0 Å². The molecule has 1 amide bonds. The number of amides is 1. The quantitative estimate of drug-likeness (QED) is 0.815. The van der Waals surface area contributed by atoms with E-state index in [1.807, 2.05) is 0 Å². The number of hydrogen-bond donors (Lipinski definition) is 2. The number of nitrogens with one attached hydrogen (secondary N) is 1. The van der Waals surface area contributed by atoms with Gasteiger partial charge in [-0.05, 0) is 37.0 Å². The second-order valence-corrected chi connectivity index (χ2v) is 4.08. The molecule has 1 aromatic carbocycles. The minimum Gasteiger partial charge on any atom is -0.478 e. The molecule has 1 fully saturated rings. The molecule has 1 saturated carbocycles. The number of benzene rings is 1. The van der Waals surface area contributed by atoms with Crippen LogP contribution >= 0.6 is 0 Å². The number of carbonyl (C=O) groups is 2. The topological polar surface area (TPSA) is 66.4 Å². The van der Waals surface area contributed by atoms with Crippen molar-refractivity contribution < 1.29 is 14.7 Å². The zero-order valence-electron chi connectivity index (χ0n) is 8.77. The van der Waals surface area contributed by atoms with Gasteiger partial charge in [-0.1, -0.05) is 6.07 Å². The predicted octanol–water partition coefficient (Wildman–Crippen LogP) is 2.12. The highest BCUT2D eigenvalue weighted by atomic mass is 16.4. The van der Waals surface area contributed by atoms with Gasteiger partial charge in [0.1, 0.15) is 0 Å². The lowest BCUT2D eigenvalue weighted by Gasteiger charge is -2.05. The fraction of sp³-hybridized carbons (Fsp3) is 0.333. The smallest absolute Gasteiger partial charge is 0.335 e. The van der Waals surface area contributed by atoms with E-state index in [9.17, 15) is 9.59 Å². The van der Waals surface area contributed by atoms with Gasteiger partial charge in [0.25, 0.3) is 0 Å². The Morgan fingerprint density at radius 3 is 2.75 bits per heavy atom. The van der Waals surface area contributed by atoms with Gasteiger partial charge in [-0.25, -0.2) is 4.79 Å². The molecule has 0 spiro atoms. The Labute approximate surface area is 93.3 Å². The number of aromatic carboxylic acids is 1. The molecular weight excluding hydrogens is 206 g/mol. The molecule has 84 valence electrons. The number of anilines is 1. The molecule has 2 rings (SSSR count). The van der Waals surface area contributed by atoms with Crippen LogP contribution in [-0.2, 0) is 4.79 Å². The van der Waals surface area contributed by atoms with Crippen molar-refractivity contribution in [3.8, 4) is 0 Å². The van der Waals surface area contributed by atoms with E-state index in [0.717, 1.165) is 12.8 Å². The monoisotopic (exact) mass is 219 g/mol. The molecule has 0 aromatic heterocycles. The summed E-state index contributed by atoms with van der Waals surface area (Å²) < 4.78 is 0. The maximum absolute atomic E-state index is 11.5. The van der Waals surface area contributed by atoms with E-state index in [1.165, 1.54) is 12.1 Å². The Bertz CT molecular complexity index is 424. The number of carboxylic acid groups (broad SMARTS) is 1. The molecule has 0 atom stereocenters. The van der Waals surface area contributed by atoms with E-state index in [4.69, 9.17) is 5.11 Å². The fourth-order valence-electron chi connectivity index (χ4n) is 1.53. The van der Waals surface area contributed by atoms with Gasteiger partial charge >= 0.3 is 5.97 Å². The third-order valence-electron chi connectivity index (χ3n) is 2.56. The molecule has 0 radical (unpaired) electrons. The minimum atomic E-state index is -0.988. The highest BCUT2D eigenvalue weighted by Crippen LogP contribution is 2.32. The first kappa shape index (κ1) is 10.7. The van der Waals surface area contributed by atoms with E-state index in [-0.39, 0.29) is 11.5 Å². The van der Waals surface area contributed by atoms with Crippen LogP contribution in [0.1, 0.15) is 29.6 Å². The normalized spacial score (nSPS) is 14.5. The van der Waals surface area contributed by atoms with Crippen LogP contribution in [0.2, 0.25) is 0 Å². The molecule has 1 aliphatic rings. The van der Waals surface area contributed by atoms with Gasteiger partial charge in [-0.3, -0.25) is 4.79 Å². The highest BCUT2D eigenvalue weighted by Gasteiger charge is 2.24. The number of carbonyl (C=O) groups excluding carboxylic acids is 1. The second kappa shape index (κ2) is 4.35. The molecule has 1 aromatic rings. The van der Waals surface area contributed by atoms with Crippen molar-refractivity contribution in [2.24, 2.45) is 5.92 Å². The maximum Gasteiger partial charge on any atom is 0.335 e. The summed E-state index contributed by atoms with van der Waals surface area (Å²) in [5, 5.41) is 11.5. The fourth-order valence-corrected chi connectivity index (χ4v) is 1.53. The van der Waals surface area contributed by atoms with Crippen LogP contribution in [0.3, 0.4) is 0 Å². The van der Waals surface area contributed by atoms with Crippen LogP contribution in [0, 0.1) is 5.92 Å². The van der Waals surface area contributed by atoms with Gasteiger partial charge in [0.2, 0.25) is 5.91 Å². The van der Waals surface area contributed by atoms with Gasteiger partial charge in [0.05, 0.1) is 5.56 Å². The van der Waals surface area contributed by atoms with Crippen molar-refractivity contribution in [3.63, 3.8) is 0 Å². The Balaban J connectivity index is 1.99. The van der Waals surface area contributed by atoms with Crippen LogP contribution < -0.4 is 5.32 Å². The Morgan fingerprint density at radius 2 is 2.12 bits per heavy atom.